The van der Waals surface area contributed by atoms with Gasteiger partial charge in [-0.2, -0.15) is 0 Å². The first kappa shape index (κ1) is 62.4. The van der Waals surface area contributed by atoms with E-state index >= 15 is 0 Å². The molecule has 0 fully saturated rings. The molecule has 0 heterocycles. The summed E-state index contributed by atoms with van der Waals surface area (Å²) in [5, 5.41) is 10.4. The van der Waals surface area contributed by atoms with E-state index in [1.807, 2.05) is 33.3 Å². The van der Waals surface area contributed by atoms with Crippen molar-refractivity contribution < 1.29 is 47.2 Å². The number of hydrogen-bond acceptors (Lipinski definition) is 8. The van der Waals surface area contributed by atoms with Crippen LogP contribution < -0.4 is 0 Å². The zero-order valence-electron chi connectivity index (χ0n) is 42.1. The van der Waals surface area contributed by atoms with E-state index in [0.717, 1.165) is 51.4 Å². The largest absolute Gasteiger partial charge is 0.472 e. The minimum absolute atomic E-state index is 0.0126. The van der Waals surface area contributed by atoms with E-state index in [9.17, 15) is 24.2 Å². The van der Waals surface area contributed by atoms with Gasteiger partial charge in [0.1, 0.15) is 19.8 Å². The lowest BCUT2D eigenvalue weighted by molar-refractivity contribution is -0.870. The lowest BCUT2D eigenvalue weighted by Crippen LogP contribution is -2.37. The van der Waals surface area contributed by atoms with Crippen molar-refractivity contribution in [2.24, 2.45) is 0 Å². The molecule has 0 bridgehead atoms. The van der Waals surface area contributed by atoms with Gasteiger partial charge in [0.2, 0.25) is 0 Å². The first-order valence-corrected chi connectivity index (χ1v) is 27.3. The molecule has 2 N–H and O–H groups in total. The molecular formula is C54H97NO9P+. The average molecular weight is 935 g/mol. The molecule has 0 saturated heterocycles. The molecule has 0 saturated carbocycles. The number of rotatable bonds is 46. The number of hydrogen-bond donors (Lipinski definition) is 2. The van der Waals surface area contributed by atoms with Gasteiger partial charge in [0.15, 0.2) is 6.10 Å². The zero-order chi connectivity index (χ0) is 48.0. The number of phosphoric acid groups is 1. The summed E-state index contributed by atoms with van der Waals surface area (Å²) < 4.78 is 34.2. The van der Waals surface area contributed by atoms with E-state index in [4.69, 9.17) is 18.5 Å². The number of carbonyl (C=O) groups excluding carboxylic acids is 2. The van der Waals surface area contributed by atoms with Gasteiger partial charge in [-0.3, -0.25) is 18.6 Å². The van der Waals surface area contributed by atoms with Crippen LogP contribution in [0.2, 0.25) is 0 Å². The first-order valence-electron chi connectivity index (χ1n) is 25.8. The number of carbonyl (C=O) groups is 2. The average Bonchev–Trinajstić information content (AvgIpc) is 3.26. The summed E-state index contributed by atoms with van der Waals surface area (Å²) in [6, 6.07) is 0. The van der Waals surface area contributed by atoms with Gasteiger partial charge in [-0.1, -0.05) is 215 Å². The second-order valence-corrected chi connectivity index (χ2v) is 19.8. The van der Waals surface area contributed by atoms with Crippen molar-refractivity contribution in [1.29, 1.82) is 0 Å². The fourth-order valence-corrected chi connectivity index (χ4v) is 7.57. The number of allylic oxidation sites excluding steroid dienone is 11. The highest BCUT2D eigenvalue weighted by atomic mass is 31.2. The van der Waals surface area contributed by atoms with Crippen LogP contribution in [0.5, 0.6) is 0 Å². The Bertz CT molecular complexity index is 1350. The van der Waals surface area contributed by atoms with Crippen LogP contribution in [0.25, 0.3) is 0 Å². The number of esters is 2. The van der Waals surface area contributed by atoms with Crippen molar-refractivity contribution in [3.63, 3.8) is 0 Å². The van der Waals surface area contributed by atoms with Gasteiger partial charge in [0, 0.05) is 12.8 Å². The first-order chi connectivity index (χ1) is 31.4. The Hall–Kier alpha value is -2.59. The monoisotopic (exact) mass is 935 g/mol. The molecule has 3 atom stereocenters. The Labute approximate surface area is 398 Å². The van der Waals surface area contributed by atoms with Gasteiger partial charge < -0.3 is 24.0 Å². The molecule has 2 unspecified atom stereocenters. The number of likely N-dealkylation sites (N-methyl/N-ethyl adjacent to an activating group) is 1. The van der Waals surface area contributed by atoms with Crippen LogP contribution in [0.15, 0.2) is 72.9 Å². The predicted octanol–water partition coefficient (Wildman–Crippen LogP) is 14.3. The molecular weight excluding hydrogens is 838 g/mol. The Morgan fingerprint density at radius 3 is 1.46 bits per heavy atom. The molecule has 0 aromatic rings. The topological polar surface area (TPSA) is 129 Å². The number of unbranched alkanes of at least 4 members (excludes halogenated alkanes) is 20. The van der Waals surface area contributed by atoms with E-state index in [1.54, 1.807) is 12.2 Å². The van der Waals surface area contributed by atoms with Gasteiger partial charge in [-0.15, -0.1) is 0 Å². The third-order valence-corrected chi connectivity index (χ3v) is 11.9. The van der Waals surface area contributed by atoms with Crippen molar-refractivity contribution >= 4 is 19.8 Å². The quantitative estimate of drug-likeness (QED) is 0.0153. The summed E-state index contributed by atoms with van der Waals surface area (Å²) in [4.78, 5) is 35.6. The van der Waals surface area contributed by atoms with Crippen molar-refractivity contribution in [2.75, 3.05) is 47.5 Å². The second-order valence-electron chi connectivity index (χ2n) is 18.4. The zero-order valence-corrected chi connectivity index (χ0v) is 43.0. The minimum atomic E-state index is -4.45. The van der Waals surface area contributed by atoms with Crippen molar-refractivity contribution in [3.8, 4) is 0 Å². The maximum Gasteiger partial charge on any atom is 0.472 e. The molecule has 0 aromatic heterocycles. The molecule has 65 heavy (non-hydrogen) atoms. The van der Waals surface area contributed by atoms with Gasteiger partial charge in [0.25, 0.3) is 0 Å². The molecule has 0 aliphatic rings. The van der Waals surface area contributed by atoms with E-state index in [2.05, 4.69) is 62.5 Å². The van der Waals surface area contributed by atoms with Crippen LogP contribution in [0.3, 0.4) is 0 Å². The van der Waals surface area contributed by atoms with Crippen molar-refractivity contribution in [1.82, 2.24) is 0 Å². The highest BCUT2D eigenvalue weighted by Gasteiger charge is 2.27. The van der Waals surface area contributed by atoms with Gasteiger partial charge in [-0.25, -0.2) is 4.57 Å². The molecule has 11 heteroatoms. The van der Waals surface area contributed by atoms with E-state index in [0.29, 0.717) is 17.4 Å². The second kappa shape index (κ2) is 45.2. The van der Waals surface area contributed by atoms with Crippen LogP contribution in [-0.2, 0) is 32.7 Å². The number of ether oxygens (including phenoxy) is 2. The Balaban J connectivity index is 4.44. The van der Waals surface area contributed by atoms with Crippen LogP contribution in [0.4, 0.5) is 0 Å². The molecule has 10 nitrogen and oxygen atoms in total. The van der Waals surface area contributed by atoms with Crippen molar-refractivity contribution in [3.05, 3.63) is 72.9 Å². The maximum absolute atomic E-state index is 12.8. The molecule has 0 amide bonds. The van der Waals surface area contributed by atoms with Gasteiger partial charge in [0.05, 0.1) is 33.9 Å². The van der Waals surface area contributed by atoms with Crippen LogP contribution in [0, 0.1) is 0 Å². The van der Waals surface area contributed by atoms with E-state index in [-0.39, 0.29) is 32.5 Å². The number of aliphatic hydroxyl groups is 1. The number of aliphatic hydroxyl groups excluding tert-OH is 1. The maximum atomic E-state index is 12.8. The number of phosphoric ester groups is 1. The Morgan fingerprint density at radius 2 is 1.00 bits per heavy atom. The minimum Gasteiger partial charge on any atom is -0.462 e. The molecule has 0 aliphatic heterocycles. The third-order valence-electron chi connectivity index (χ3n) is 10.9. The summed E-state index contributed by atoms with van der Waals surface area (Å²) in [5.74, 6) is -1.08. The van der Waals surface area contributed by atoms with Gasteiger partial charge >= 0.3 is 19.8 Å². The van der Waals surface area contributed by atoms with Crippen LogP contribution >= 0.6 is 7.82 Å². The van der Waals surface area contributed by atoms with E-state index in [1.165, 1.54) is 109 Å². The van der Waals surface area contributed by atoms with Crippen LogP contribution in [0.1, 0.15) is 200 Å². The molecule has 0 spiro atoms. The fraction of sp³-hybridized carbons (Fsp3) is 0.741. The molecule has 0 aliphatic carbocycles. The highest BCUT2D eigenvalue weighted by Crippen LogP contribution is 2.43. The lowest BCUT2D eigenvalue weighted by atomic mass is 10.0. The SMILES string of the molecule is CC/C=C\C/C=C\C/C=C\C/C=C\C/C=C\C=C/C(O)CCC(=O)O[C@H](COC(=O)CCCCCCCCCCCCCCCCCCCCCCC)COP(=O)(O)OCC[N+](C)(C)C. The summed E-state index contributed by atoms with van der Waals surface area (Å²) in [7, 11) is 1.33. The lowest BCUT2D eigenvalue weighted by Gasteiger charge is -2.24. The Kier molecular flexibility index (Phi) is 43.4. The molecule has 0 rings (SSSR count). The summed E-state index contributed by atoms with van der Waals surface area (Å²) in [6.45, 7) is 4.05. The van der Waals surface area contributed by atoms with Gasteiger partial charge in [-0.05, 0) is 44.9 Å². The van der Waals surface area contributed by atoms with Crippen LogP contribution in [-0.4, -0.2) is 86.1 Å². The Morgan fingerprint density at radius 1 is 0.554 bits per heavy atom. The molecule has 0 radical (unpaired) electrons. The molecule has 0 aromatic carbocycles. The number of nitrogens with zero attached hydrogens (tertiary/aromatic N) is 1. The summed E-state index contributed by atoms with van der Waals surface area (Å²) >= 11 is 0. The highest BCUT2D eigenvalue weighted by molar-refractivity contribution is 7.47. The predicted molar refractivity (Wildman–Crippen MR) is 272 cm³/mol. The number of quaternary nitrogens is 1. The normalized spacial score (nSPS) is 14.5. The van der Waals surface area contributed by atoms with E-state index < -0.39 is 38.6 Å². The molecule has 376 valence electrons. The summed E-state index contributed by atoms with van der Waals surface area (Å²) in [6.07, 6.45) is 54.3. The fourth-order valence-electron chi connectivity index (χ4n) is 6.83. The summed E-state index contributed by atoms with van der Waals surface area (Å²) in [5.41, 5.74) is 0. The standard InChI is InChI=1S/C54H96NO9P/c1-6-8-10-12-14-16-18-20-22-24-25-26-27-28-30-32-34-36-38-40-42-44-53(57)61-49-52(50-63-65(59,60)62-48-47-55(3,4)5)64-54(58)46-45-51(56)43-41-39-37-35-33-31-29-23-21-19-17-15-13-11-9-7-2/h9,11,15,17,21,23,31,33,37,39,41,43,51-52,56H,6-8,10,12-14,16,18-20,22,24-30,32,34-36,38,40,42,44-50H2,1-5H3/p+1/b11-9-,17-15-,23-21-,33-31-,39-37-,43-41-/t51?,52-/m1/s1. The van der Waals surface area contributed by atoms with Crippen molar-refractivity contribution in [2.45, 2.75) is 212 Å². The smallest absolute Gasteiger partial charge is 0.462 e. The third kappa shape index (κ3) is 49.1.